The van der Waals surface area contributed by atoms with Crippen molar-refractivity contribution in [3.05, 3.63) is 53.6 Å². The molecule has 0 saturated carbocycles. The number of hydrogen-bond donors (Lipinski definition) is 2. The second-order valence-corrected chi connectivity index (χ2v) is 6.75. The Bertz CT molecular complexity index is 633. The number of hydrogen-bond acceptors (Lipinski definition) is 2. The molecule has 0 atom stereocenters. The molecule has 2 aromatic rings. The Morgan fingerprint density at radius 2 is 1.45 bits per heavy atom. The maximum Gasteiger partial charge on any atom is 0.171 e. The van der Waals surface area contributed by atoms with Crippen LogP contribution in [0.1, 0.15) is 20.8 Å². The molecule has 0 aliphatic rings. The third kappa shape index (κ3) is 5.54. The van der Waals surface area contributed by atoms with E-state index in [1.165, 1.54) is 0 Å². The molecule has 2 N–H and O–H groups in total. The number of anilines is 1. The van der Waals surface area contributed by atoms with Gasteiger partial charge >= 0.3 is 0 Å². The van der Waals surface area contributed by atoms with E-state index in [0.717, 1.165) is 17.2 Å². The summed E-state index contributed by atoms with van der Waals surface area (Å²) in [5.41, 5.74) is 0.840. The molecule has 116 valence electrons. The lowest BCUT2D eigenvalue weighted by molar-refractivity contribution is 0.483. The van der Waals surface area contributed by atoms with Gasteiger partial charge in [0.25, 0.3) is 0 Å². The maximum atomic E-state index is 5.85. The molecule has 0 spiro atoms. The molecule has 0 amide bonds. The Morgan fingerprint density at radius 1 is 0.955 bits per heavy atom. The van der Waals surface area contributed by atoms with Crippen LogP contribution in [-0.2, 0) is 0 Å². The van der Waals surface area contributed by atoms with E-state index >= 15 is 0 Å². The predicted octanol–water partition coefficient (Wildman–Crippen LogP) is 5.22. The van der Waals surface area contributed by atoms with Gasteiger partial charge in [-0.25, -0.2) is 0 Å². The second kappa shape index (κ2) is 6.99. The van der Waals surface area contributed by atoms with Crippen molar-refractivity contribution in [1.82, 2.24) is 5.32 Å². The third-order valence-electron chi connectivity index (χ3n) is 2.65. The second-order valence-electron chi connectivity index (χ2n) is 5.91. The van der Waals surface area contributed by atoms with Gasteiger partial charge in [-0.1, -0.05) is 11.6 Å². The lowest BCUT2D eigenvalue weighted by Gasteiger charge is -2.23. The molecule has 0 aliphatic carbocycles. The van der Waals surface area contributed by atoms with Gasteiger partial charge in [-0.15, -0.1) is 0 Å². The van der Waals surface area contributed by atoms with E-state index < -0.39 is 0 Å². The van der Waals surface area contributed by atoms with Crippen LogP contribution in [0.5, 0.6) is 11.5 Å². The molecule has 0 aliphatic heterocycles. The minimum Gasteiger partial charge on any atom is -0.457 e. The van der Waals surface area contributed by atoms with Gasteiger partial charge < -0.3 is 15.4 Å². The summed E-state index contributed by atoms with van der Waals surface area (Å²) in [4.78, 5) is 0. The van der Waals surface area contributed by atoms with Crippen LogP contribution in [0.2, 0.25) is 5.02 Å². The summed E-state index contributed by atoms with van der Waals surface area (Å²) >= 11 is 11.1. The summed E-state index contributed by atoms with van der Waals surface area (Å²) in [7, 11) is 0. The highest BCUT2D eigenvalue weighted by Gasteiger charge is 2.10. The van der Waals surface area contributed by atoms with Gasteiger partial charge in [0, 0.05) is 16.2 Å². The molecule has 0 aromatic heterocycles. The Hall–Kier alpha value is -1.78. The summed E-state index contributed by atoms with van der Waals surface area (Å²) < 4.78 is 5.74. The van der Waals surface area contributed by atoms with Crippen molar-refractivity contribution in [2.24, 2.45) is 0 Å². The molecule has 0 unspecified atom stereocenters. The first-order valence-electron chi connectivity index (χ1n) is 6.94. The van der Waals surface area contributed by atoms with Gasteiger partial charge in [0.2, 0.25) is 0 Å². The number of rotatable bonds is 3. The van der Waals surface area contributed by atoms with Crippen LogP contribution < -0.4 is 15.4 Å². The monoisotopic (exact) mass is 334 g/mol. The first-order chi connectivity index (χ1) is 10.3. The fourth-order valence-corrected chi connectivity index (χ4v) is 2.30. The van der Waals surface area contributed by atoms with Crippen LogP contribution in [0.15, 0.2) is 48.5 Å². The molecule has 0 heterocycles. The molecular formula is C17H19ClN2OS. The number of benzene rings is 2. The fraction of sp³-hybridized carbons (Fsp3) is 0.235. The Kier molecular flexibility index (Phi) is 5.27. The predicted molar refractivity (Wildman–Crippen MR) is 97.1 cm³/mol. The fourth-order valence-electron chi connectivity index (χ4n) is 1.75. The quantitative estimate of drug-likeness (QED) is 0.754. The van der Waals surface area contributed by atoms with Crippen LogP contribution in [0.25, 0.3) is 0 Å². The first-order valence-corrected chi connectivity index (χ1v) is 7.73. The van der Waals surface area contributed by atoms with E-state index in [1.54, 1.807) is 12.1 Å². The van der Waals surface area contributed by atoms with Crippen molar-refractivity contribution < 1.29 is 4.74 Å². The van der Waals surface area contributed by atoms with Crippen LogP contribution in [-0.4, -0.2) is 10.7 Å². The zero-order valence-corrected chi connectivity index (χ0v) is 14.4. The topological polar surface area (TPSA) is 33.3 Å². The lowest BCUT2D eigenvalue weighted by Crippen LogP contribution is -2.42. The van der Waals surface area contributed by atoms with Crippen LogP contribution in [0.4, 0.5) is 5.69 Å². The van der Waals surface area contributed by atoms with E-state index in [4.69, 9.17) is 28.6 Å². The highest BCUT2D eigenvalue weighted by Crippen LogP contribution is 2.24. The number of ether oxygens (including phenoxy) is 1. The normalized spacial score (nSPS) is 10.9. The summed E-state index contributed by atoms with van der Waals surface area (Å²) in [5, 5.41) is 7.63. The minimum atomic E-state index is -0.0677. The van der Waals surface area contributed by atoms with E-state index in [0.29, 0.717) is 10.1 Å². The molecule has 2 rings (SSSR count). The van der Waals surface area contributed by atoms with Crippen molar-refractivity contribution >= 4 is 34.6 Å². The van der Waals surface area contributed by atoms with Gasteiger partial charge in [0.1, 0.15) is 11.5 Å². The smallest absolute Gasteiger partial charge is 0.171 e. The largest absolute Gasteiger partial charge is 0.457 e. The summed E-state index contributed by atoms with van der Waals surface area (Å²) in [5.74, 6) is 1.50. The first kappa shape index (κ1) is 16.6. The average molecular weight is 335 g/mol. The van der Waals surface area contributed by atoms with Gasteiger partial charge in [-0.2, -0.15) is 0 Å². The van der Waals surface area contributed by atoms with Gasteiger partial charge in [-0.05, 0) is 81.5 Å². The Morgan fingerprint density at radius 3 is 1.95 bits per heavy atom. The number of nitrogens with one attached hydrogen (secondary N) is 2. The Balaban J connectivity index is 1.95. The SMILES string of the molecule is CC(C)(C)NC(=S)Nc1ccc(Oc2ccc(Cl)cc2)cc1. The molecular weight excluding hydrogens is 316 g/mol. The van der Waals surface area contributed by atoms with Crippen LogP contribution >= 0.6 is 23.8 Å². The van der Waals surface area contributed by atoms with E-state index in [1.807, 2.05) is 36.4 Å². The van der Waals surface area contributed by atoms with Crippen molar-refractivity contribution in [1.29, 1.82) is 0 Å². The van der Waals surface area contributed by atoms with Gasteiger partial charge in [0.05, 0.1) is 0 Å². The summed E-state index contributed by atoms with van der Waals surface area (Å²) in [6.45, 7) is 6.18. The highest BCUT2D eigenvalue weighted by molar-refractivity contribution is 7.80. The zero-order chi connectivity index (χ0) is 16.2. The van der Waals surface area contributed by atoms with Crippen molar-refractivity contribution in [3.8, 4) is 11.5 Å². The molecule has 3 nitrogen and oxygen atoms in total. The standard InChI is InChI=1S/C17H19ClN2OS/c1-17(2,3)20-16(22)19-13-6-10-15(11-7-13)21-14-8-4-12(18)5-9-14/h4-11H,1-3H3,(H2,19,20,22). The van der Waals surface area contributed by atoms with Crippen molar-refractivity contribution in [2.75, 3.05) is 5.32 Å². The number of halogens is 1. The molecule has 0 radical (unpaired) electrons. The molecule has 0 fully saturated rings. The molecule has 22 heavy (non-hydrogen) atoms. The molecule has 5 heteroatoms. The van der Waals surface area contributed by atoms with E-state index in [9.17, 15) is 0 Å². The summed E-state index contributed by atoms with van der Waals surface area (Å²) in [6.07, 6.45) is 0. The zero-order valence-electron chi connectivity index (χ0n) is 12.8. The van der Waals surface area contributed by atoms with Crippen molar-refractivity contribution in [3.63, 3.8) is 0 Å². The van der Waals surface area contributed by atoms with Crippen LogP contribution in [0.3, 0.4) is 0 Å². The van der Waals surface area contributed by atoms with Crippen molar-refractivity contribution in [2.45, 2.75) is 26.3 Å². The van der Waals surface area contributed by atoms with Gasteiger partial charge in [-0.3, -0.25) is 0 Å². The maximum absolute atomic E-state index is 5.85. The molecule has 0 bridgehead atoms. The molecule has 2 aromatic carbocycles. The Labute approximate surface area is 141 Å². The molecule has 0 saturated heterocycles. The minimum absolute atomic E-state index is 0.0677. The van der Waals surface area contributed by atoms with E-state index in [2.05, 4.69) is 31.4 Å². The summed E-state index contributed by atoms with van der Waals surface area (Å²) in [6, 6.07) is 14.9. The lowest BCUT2D eigenvalue weighted by atomic mass is 10.1. The highest BCUT2D eigenvalue weighted by atomic mass is 35.5. The van der Waals surface area contributed by atoms with E-state index in [-0.39, 0.29) is 5.54 Å². The third-order valence-corrected chi connectivity index (χ3v) is 3.11. The van der Waals surface area contributed by atoms with Crippen LogP contribution in [0, 0.1) is 0 Å². The number of thiocarbonyl (C=S) groups is 1. The average Bonchev–Trinajstić information content (AvgIpc) is 2.41. The van der Waals surface area contributed by atoms with Gasteiger partial charge in [0.15, 0.2) is 5.11 Å².